The fourth-order valence-electron chi connectivity index (χ4n) is 2.36. The number of rotatable bonds is 7. The van der Waals surface area contributed by atoms with Crippen molar-refractivity contribution in [3.8, 4) is 0 Å². The molecule has 0 aliphatic carbocycles. The Labute approximate surface area is 141 Å². The molecule has 0 aliphatic heterocycles. The lowest BCUT2D eigenvalue weighted by molar-refractivity contribution is 0.172. The zero-order valence-electron chi connectivity index (χ0n) is 13.6. The number of carbonyl (C=O) groups excluding carboxylic acids is 1. The second-order valence-electron chi connectivity index (χ2n) is 6.46. The van der Waals surface area contributed by atoms with Gasteiger partial charge in [-0.2, -0.15) is 11.3 Å². The minimum absolute atomic E-state index is 0.0370. The lowest BCUT2D eigenvalue weighted by Gasteiger charge is -2.25. The third kappa shape index (κ3) is 6.04. The maximum absolute atomic E-state index is 11.9. The zero-order chi connectivity index (χ0) is 16.7. The van der Waals surface area contributed by atoms with E-state index in [1.807, 2.05) is 35.0 Å². The molecule has 0 saturated carbocycles. The highest BCUT2D eigenvalue weighted by Crippen LogP contribution is 2.20. The van der Waals surface area contributed by atoms with Crippen molar-refractivity contribution in [1.29, 1.82) is 0 Å². The summed E-state index contributed by atoms with van der Waals surface area (Å²) in [6.45, 7) is 5.03. The molecule has 23 heavy (non-hydrogen) atoms. The van der Waals surface area contributed by atoms with Crippen molar-refractivity contribution >= 4 is 17.4 Å². The van der Waals surface area contributed by atoms with Crippen molar-refractivity contribution < 1.29 is 9.90 Å². The Kier molecular flexibility index (Phi) is 6.19. The van der Waals surface area contributed by atoms with Crippen molar-refractivity contribution in [3.05, 3.63) is 58.3 Å². The third-order valence-corrected chi connectivity index (χ3v) is 4.34. The zero-order valence-corrected chi connectivity index (χ0v) is 14.4. The summed E-state index contributed by atoms with van der Waals surface area (Å²) in [7, 11) is 0. The molecule has 2 rings (SSSR count). The maximum Gasteiger partial charge on any atom is 0.314 e. The fourth-order valence-corrected chi connectivity index (χ4v) is 3.07. The highest BCUT2D eigenvalue weighted by molar-refractivity contribution is 7.07. The molecule has 1 atom stereocenters. The molecule has 0 bridgehead atoms. The van der Waals surface area contributed by atoms with E-state index in [9.17, 15) is 9.90 Å². The number of carbonyl (C=O) groups is 1. The van der Waals surface area contributed by atoms with E-state index in [1.165, 1.54) is 16.9 Å². The Hall–Kier alpha value is -1.85. The molecular formula is C18H24N2O2S. The molecule has 0 spiro atoms. The van der Waals surface area contributed by atoms with Gasteiger partial charge in [-0.1, -0.05) is 44.2 Å². The van der Waals surface area contributed by atoms with E-state index < -0.39 is 6.10 Å². The minimum Gasteiger partial charge on any atom is -0.387 e. The van der Waals surface area contributed by atoms with Crippen LogP contribution in [0.4, 0.5) is 4.79 Å². The van der Waals surface area contributed by atoms with Crippen molar-refractivity contribution in [2.45, 2.75) is 26.4 Å². The summed E-state index contributed by atoms with van der Waals surface area (Å²) in [6.07, 6.45) is 0.232. The van der Waals surface area contributed by atoms with Gasteiger partial charge >= 0.3 is 6.03 Å². The number of hydrogen-bond donors (Lipinski definition) is 3. The van der Waals surface area contributed by atoms with E-state index in [4.69, 9.17) is 0 Å². The molecule has 0 aliphatic rings. The van der Waals surface area contributed by atoms with Crippen molar-refractivity contribution in [1.82, 2.24) is 10.6 Å². The number of benzene rings is 1. The predicted molar refractivity (Wildman–Crippen MR) is 94.6 cm³/mol. The molecule has 5 heteroatoms. The van der Waals surface area contributed by atoms with Crippen LogP contribution in [0, 0.1) is 5.41 Å². The van der Waals surface area contributed by atoms with Crippen LogP contribution in [0.1, 0.15) is 31.1 Å². The number of amides is 2. The molecule has 1 unspecified atom stereocenters. The number of thiophene rings is 1. The summed E-state index contributed by atoms with van der Waals surface area (Å²) in [4.78, 5) is 11.9. The topological polar surface area (TPSA) is 61.4 Å². The molecule has 3 N–H and O–H groups in total. The van der Waals surface area contributed by atoms with E-state index in [0.717, 1.165) is 12.0 Å². The number of aliphatic hydroxyl groups is 1. The molecule has 2 aromatic rings. The Balaban J connectivity index is 1.72. The van der Waals surface area contributed by atoms with Crippen LogP contribution in [-0.4, -0.2) is 24.2 Å². The molecule has 0 fully saturated rings. The normalized spacial score (nSPS) is 12.7. The Morgan fingerprint density at radius 3 is 2.61 bits per heavy atom. The van der Waals surface area contributed by atoms with E-state index in [0.29, 0.717) is 6.54 Å². The van der Waals surface area contributed by atoms with Crippen LogP contribution in [0.2, 0.25) is 0 Å². The van der Waals surface area contributed by atoms with Crippen LogP contribution in [0.5, 0.6) is 0 Å². The van der Waals surface area contributed by atoms with Gasteiger partial charge in [0.15, 0.2) is 0 Å². The Morgan fingerprint density at radius 1 is 1.22 bits per heavy atom. The first-order valence-electron chi connectivity index (χ1n) is 7.72. The molecule has 0 radical (unpaired) electrons. The molecule has 4 nitrogen and oxygen atoms in total. The van der Waals surface area contributed by atoms with Crippen molar-refractivity contribution in [3.63, 3.8) is 0 Å². The quantitative estimate of drug-likeness (QED) is 0.728. The number of urea groups is 1. The van der Waals surface area contributed by atoms with E-state index in [2.05, 4.69) is 36.6 Å². The van der Waals surface area contributed by atoms with Gasteiger partial charge in [0, 0.05) is 13.1 Å². The van der Waals surface area contributed by atoms with Gasteiger partial charge in [-0.15, -0.1) is 0 Å². The van der Waals surface area contributed by atoms with Gasteiger partial charge in [0.1, 0.15) is 0 Å². The summed E-state index contributed by atoms with van der Waals surface area (Å²) in [5.41, 5.74) is 2.05. The van der Waals surface area contributed by atoms with E-state index in [-0.39, 0.29) is 18.0 Å². The number of aliphatic hydroxyl groups excluding tert-OH is 1. The van der Waals surface area contributed by atoms with Gasteiger partial charge in [0.05, 0.1) is 6.10 Å². The summed E-state index contributed by atoms with van der Waals surface area (Å²) in [5.74, 6) is 0. The van der Waals surface area contributed by atoms with Gasteiger partial charge in [-0.05, 0) is 39.8 Å². The van der Waals surface area contributed by atoms with Crippen LogP contribution < -0.4 is 10.6 Å². The third-order valence-electron chi connectivity index (χ3n) is 3.64. The lowest BCUT2D eigenvalue weighted by Crippen LogP contribution is -2.42. The second kappa shape index (κ2) is 8.13. The van der Waals surface area contributed by atoms with Crippen LogP contribution in [0.15, 0.2) is 47.2 Å². The fraction of sp³-hybridized carbons (Fsp3) is 0.389. The largest absolute Gasteiger partial charge is 0.387 e. The standard InChI is InChI=1S/C18H24N2O2S/c1-18(2,10-14-6-4-3-5-7-14)13-20-17(22)19-11-16(21)15-8-9-23-12-15/h3-9,12,16,21H,10-11,13H2,1-2H3,(H2,19,20,22). The first-order chi connectivity index (χ1) is 11.0. The highest BCUT2D eigenvalue weighted by Gasteiger charge is 2.19. The molecule has 2 amide bonds. The monoisotopic (exact) mass is 332 g/mol. The SMILES string of the molecule is CC(C)(CNC(=O)NCC(O)c1ccsc1)Cc1ccccc1. The van der Waals surface area contributed by atoms with Crippen LogP contribution >= 0.6 is 11.3 Å². The van der Waals surface area contributed by atoms with Crippen LogP contribution in [0.25, 0.3) is 0 Å². The average Bonchev–Trinajstić information content (AvgIpc) is 3.06. The van der Waals surface area contributed by atoms with Crippen molar-refractivity contribution in [2.75, 3.05) is 13.1 Å². The molecule has 0 saturated heterocycles. The van der Waals surface area contributed by atoms with Gasteiger partial charge in [-0.3, -0.25) is 0 Å². The first-order valence-corrected chi connectivity index (χ1v) is 8.66. The number of nitrogens with one attached hydrogen (secondary N) is 2. The molecule has 124 valence electrons. The smallest absolute Gasteiger partial charge is 0.314 e. The summed E-state index contributed by atoms with van der Waals surface area (Å²) >= 11 is 1.53. The van der Waals surface area contributed by atoms with Crippen molar-refractivity contribution in [2.24, 2.45) is 5.41 Å². The first kappa shape index (κ1) is 17.5. The van der Waals surface area contributed by atoms with Gasteiger partial charge < -0.3 is 15.7 Å². The van der Waals surface area contributed by atoms with Gasteiger partial charge in [-0.25, -0.2) is 4.79 Å². The van der Waals surface area contributed by atoms with E-state index >= 15 is 0 Å². The molecular weight excluding hydrogens is 308 g/mol. The van der Waals surface area contributed by atoms with Gasteiger partial charge in [0.2, 0.25) is 0 Å². The lowest BCUT2D eigenvalue weighted by atomic mass is 9.86. The summed E-state index contributed by atoms with van der Waals surface area (Å²) in [5, 5.41) is 19.3. The maximum atomic E-state index is 11.9. The van der Waals surface area contributed by atoms with Gasteiger partial charge in [0.25, 0.3) is 0 Å². The highest BCUT2D eigenvalue weighted by atomic mass is 32.1. The molecule has 1 heterocycles. The van der Waals surface area contributed by atoms with Crippen LogP contribution in [0.3, 0.4) is 0 Å². The van der Waals surface area contributed by atoms with Crippen LogP contribution in [-0.2, 0) is 6.42 Å². The second-order valence-corrected chi connectivity index (χ2v) is 7.24. The Morgan fingerprint density at radius 2 is 1.96 bits per heavy atom. The molecule has 1 aromatic heterocycles. The summed E-state index contributed by atoms with van der Waals surface area (Å²) in [6, 6.07) is 11.9. The average molecular weight is 332 g/mol. The predicted octanol–water partition coefficient (Wildman–Crippen LogP) is 3.35. The molecule has 1 aromatic carbocycles. The summed E-state index contributed by atoms with van der Waals surface area (Å²) < 4.78 is 0. The number of hydrogen-bond acceptors (Lipinski definition) is 3. The minimum atomic E-state index is -0.663. The Bertz CT molecular complexity index is 597. The van der Waals surface area contributed by atoms with E-state index in [1.54, 1.807) is 0 Å².